The van der Waals surface area contributed by atoms with Gasteiger partial charge in [0.1, 0.15) is 6.04 Å². The second-order valence-electron chi connectivity index (χ2n) is 10.7. The van der Waals surface area contributed by atoms with E-state index < -0.39 is 16.1 Å². The SMILES string of the molecule is Cc1ccccc1N(CCCC(=O)N(Cc1cccc(Br)c1)[C@H](Cc1ccccc1)C(=O)NCC(C)C)S(C)(=O)=O. The van der Waals surface area contributed by atoms with Gasteiger partial charge < -0.3 is 10.2 Å². The predicted molar refractivity (Wildman–Crippen MR) is 169 cm³/mol. The molecule has 3 aromatic carbocycles. The van der Waals surface area contributed by atoms with Crippen molar-refractivity contribution in [3.05, 3.63) is 100 Å². The van der Waals surface area contributed by atoms with E-state index >= 15 is 0 Å². The maximum Gasteiger partial charge on any atom is 0.243 e. The van der Waals surface area contributed by atoms with E-state index in [-0.39, 0.29) is 37.2 Å². The highest BCUT2D eigenvalue weighted by Gasteiger charge is 2.30. The lowest BCUT2D eigenvalue weighted by Crippen LogP contribution is -2.51. The first-order chi connectivity index (χ1) is 19.5. The van der Waals surface area contributed by atoms with Crippen molar-refractivity contribution < 1.29 is 18.0 Å². The van der Waals surface area contributed by atoms with Gasteiger partial charge in [0.2, 0.25) is 21.8 Å². The number of nitrogens with one attached hydrogen (secondary N) is 1. The van der Waals surface area contributed by atoms with Gasteiger partial charge in [0.05, 0.1) is 11.9 Å². The van der Waals surface area contributed by atoms with Gasteiger partial charge in [-0.25, -0.2) is 8.42 Å². The quantitative estimate of drug-likeness (QED) is 0.244. The predicted octanol–water partition coefficient (Wildman–Crippen LogP) is 5.72. The fourth-order valence-electron chi connectivity index (χ4n) is 4.63. The molecule has 1 atom stereocenters. The van der Waals surface area contributed by atoms with Crippen molar-refractivity contribution >= 4 is 43.5 Å². The third-order valence-corrected chi connectivity index (χ3v) is 8.41. The third kappa shape index (κ3) is 10.0. The molecule has 0 aromatic heterocycles. The van der Waals surface area contributed by atoms with Crippen molar-refractivity contribution in [1.82, 2.24) is 10.2 Å². The summed E-state index contributed by atoms with van der Waals surface area (Å²) >= 11 is 3.51. The molecule has 0 unspecified atom stereocenters. The summed E-state index contributed by atoms with van der Waals surface area (Å²) in [6.07, 6.45) is 1.94. The fraction of sp³-hybridized carbons (Fsp3) is 0.375. The summed E-state index contributed by atoms with van der Waals surface area (Å²) in [7, 11) is -3.56. The summed E-state index contributed by atoms with van der Waals surface area (Å²) < 4.78 is 27.6. The van der Waals surface area contributed by atoms with Crippen molar-refractivity contribution in [2.75, 3.05) is 23.7 Å². The highest BCUT2D eigenvalue weighted by Crippen LogP contribution is 2.23. The molecule has 0 fully saturated rings. The highest BCUT2D eigenvalue weighted by molar-refractivity contribution is 9.10. The number of carbonyl (C=O) groups is 2. The Morgan fingerprint density at radius 3 is 2.22 bits per heavy atom. The maximum absolute atomic E-state index is 13.9. The number of hydrogen-bond acceptors (Lipinski definition) is 4. The van der Waals surface area contributed by atoms with Crippen LogP contribution in [0.3, 0.4) is 0 Å². The van der Waals surface area contributed by atoms with Gasteiger partial charge in [-0.2, -0.15) is 0 Å². The van der Waals surface area contributed by atoms with Crippen LogP contribution in [0.1, 0.15) is 43.4 Å². The molecule has 1 N–H and O–H groups in total. The average molecular weight is 643 g/mol. The Morgan fingerprint density at radius 1 is 0.927 bits per heavy atom. The molecule has 7 nitrogen and oxygen atoms in total. The molecule has 0 bridgehead atoms. The molecule has 0 saturated heterocycles. The van der Waals surface area contributed by atoms with E-state index in [9.17, 15) is 18.0 Å². The van der Waals surface area contributed by atoms with Gasteiger partial charge in [-0.15, -0.1) is 0 Å². The summed E-state index contributed by atoms with van der Waals surface area (Å²) in [5.74, 6) is -0.151. The number of halogens is 1. The van der Waals surface area contributed by atoms with Crippen LogP contribution in [0, 0.1) is 12.8 Å². The van der Waals surface area contributed by atoms with Crippen LogP contribution in [-0.2, 0) is 32.6 Å². The number of hydrogen-bond donors (Lipinski definition) is 1. The Labute approximate surface area is 253 Å². The molecule has 0 saturated carbocycles. The molecule has 3 rings (SSSR count). The van der Waals surface area contributed by atoms with E-state index in [0.29, 0.717) is 25.1 Å². The molecule has 2 amide bonds. The van der Waals surface area contributed by atoms with Gasteiger partial charge in [0.25, 0.3) is 0 Å². The van der Waals surface area contributed by atoms with Gasteiger partial charge in [-0.05, 0) is 54.2 Å². The Morgan fingerprint density at radius 2 is 1.59 bits per heavy atom. The van der Waals surface area contributed by atoms with Crippen molar-refractivity contribution in [2.45, 2.75) is 52.6 Å². The lowest BCUT2D eigenvalue weighted by molar-refractivity contribution is -0.141. The zero-order chi connectivity index (χ0) is 30.0. The van der Waals surface area contributed by atoms with E-state index in [1.807, 2.05) is 87.5 Å². The average Bonchev–Trinajstić information content (AvgIpc) is 2.92. The second-order valence-corrected chi connectivity index (χ2v) is 13.5. The van der Waals surface area contributed by atoms with Crippen LogP contribution in [0.5, 0.6) is 0 Å². The first kappa shape index (κ1) is 32.3. The number of aryl methyl sites for hydroxylation is 1. The lowest BCUT2D eigenvalue weighted by Gasteiger charge is -2.32. The Balaban J connectivity index is 1.89. The van der Waals surface area contributed by atoms with Gasteiger partial charge in [-0.3, -0.25) is 13.9 Å². The van der Waals surface area contributed by atoms with Gasteiger partial charge >= 0.3 is 0 Å². The summed E-state index contributed by atoms with van der Waals surface area (Å²) in [6.45, 7) is 6.82. The topological polar surface area (TPSA) is 86.8 Å². The molecular weight excluding hydrogens is 602 g/mol. The molecule has 41 heavy (non-hydrogen) atoms. The van der Waals surface area contributed by atoms with E-state index in [0.717, 1.165) is 21.2 Å². The number of anilines is 1. The zero-order valence-corrected chi connectivity index (χ0v) is 26.6. The molecule has 0 spiro atoms. The normalized spacial score (nSPS) is 12.1. The minimum atomic E-state index is -3.56. The van der Waals surface area contributed by atoms with Crippen LogP contribution in [0.4, 0.5) is 5.69 Å². The molecule has 0 aliphatic carbocycles. The Kier molecular flexibility index (Phi) is 12.0. The van der Waals surface area contributed by atoms with Crippen molar-refractivity contribution in [2.24, 2.45) is 5.92 Å². The number of sulfonamides is 1. The summed E-state index contributed by atoms with van der Waals surface area (Å²) in [4.78, 5) is 29.1. The molecule has 220 valence electrons. The van der Waals surface area contributed by atoms with Crippen LogP contribution >= 0.6 is 15.9 Å². The minimum Gasteiger partial charge on any atom is -0.354 e. The molecule has 0 heterocycles. The number of carbonyl (C=O) groups excluding carboxylic acids is 2. The number of amides is 2. The lowest BCUT2D eigenvalue weighted by atomic mass is 10.0. The smallest absolute Gasteiger partial charge is 0.243 e. The van der Waals surface area contributed by atoms with Crippen LogP contribution in [0.25, 0.3) is 0 Å². The van der Waals surface area contributed by atoms with Crippen molar-refractivity contribution in [1.29, 1.82) is 0 Å². The summed E-state index contributed by atoms with van der Waals surface area (Å²) in [5.41, 5.74) is 3.28. The third-order valence-electron chi connectivity index (χ3n) is 6.73. The molecule has 0 radical (unpaired) electrons. The molecule has 0 aliphatic rings. The van der Waals surface area contributed by atoms with E-state index in [1.165, 1.54) is 10.6 Å². The monoisotopic (exact) mass is 641 g/mol. The standard InChI is InChI=1S/C32H40BrN3O4S/c1-24(2)22-34-32(38)30(21-26-13-6-5-7-14-26)35(23-27-15-10-16-28(33)20-27)31(37)18-11-19-36(41(4,39)40)29-17-9-8-12-25(29)3/h5-10,12-17,20,24,30H,11,18-19,21-23H2,1-4H3,(H,34,38)/t30-/m1/s1. The largest absolute Gasteiger partial charge is 0.354 e. The molecular formula is C32H40BrN3O4S. The first-order valence-electron chi connectivity index (χ1n) is 13.8. The van der Waals surface area contributed by atoms with Gasteiger partial charge in [0.15, 0.2) is 0 Å². The highest BCUT2D eigenvalue weighted by atomic mass is 79.9. The fourth-order valence-corrected chi connectivity index (χ4v) is 6.10. The molecule has 3 aromatic rings. The number of benzene rings is 3. The van der Waals surface area contributed by atoms with Crippen LogP contribution < -0.4 is 9.62 Å². The summed E-state index contributed by atoms with van der Waals surface area (Å²) in [6, 6.07) is 23.9. The number of nitrogens with zero attached hydrogens (tertiary/aromatic N) is 2. The van der Waals surface area contributed by atoms with Gasteiger partial charge in [0, 0.05) is 36.9 Å². The van der Waals surface area contributed by atoms with Crippen LogP contribution in [0.15, 0.2) is 83.3 Å². The van der Waals surface area contributed by atoms with E-state index in [2.05, 4.69) is 21.2 Å². The second kappa shape index (κ2) is 15.2. The molecule has 0 aliphatic heterocycles. The minimum absolute atomic E-state index is 0.0919. The van der Waals surface area contributed by atoms with Crippen molar-refractivity contribution in [3.63, 3.8) is 0 Å². The summed E-state index contributed by atoms with van der Waals surface area (Å²) in [5, 5.41) is 3.03. The van der Waals surface area contributed by atoms with E-state index in [1.54, 1.807) is 17.0 Å². The number of rotatable bonds is 14. The molecule has 9 heteroatoms. The first-order valence-corrected chi connectivity index (χ1v) is 16.5. The van der Waals surface area contributed by atoms with Crippen LogP contribution in [-0.4, -0.2) is 50.5 Å². The Bertz CT molecular complexity index is 1410. The van der Waals surface area contributed by atoms with Crippen LogP contribution in [0.2, 0.25) is 0 Å². The Hall–Kier alpha value is -3.17. The zero-order valence-electron chi connectivity index (χ0n) is 24.2. The number of para-hydroxylation sites is 1. The van der Waals surface area contributed by atoms with Crippen molar-refractivity contribution in [3.8, 4) is 0 Å². The van der Waals surface area contributed by atoms with Gasteiger partial charge in [-0.1, -0.05) is 90.4 Å². The maximum atomic E-state index is 13.9. The van der Waals surface area contributed by atoms with E-state index in [4.69, 9.17) is 0 Å².